The van der Waals surface area contributed by atoms with Gasteiger partial charge < -0.3 is 29.6 Å². The van der Waals surface area contributed by atoms with Gasteiger partial charge in [-0.25, -0.2) is 0 Å². The highest BCUT2D eigenvalue weighted by molar-refractivity contribution is 14.0. The van der Waals surface area contributed by atoms with E-state index in [0.29, 0.717) is 19.1 Å². The smallest absolute Gasteiger partial charge is 0.191 e. The molecule has 7 nitrogen and oxygen atoms in total. The molecule has 1 aliphatic rings. The van der Waals surface area contributed by atoms with Crippen LogP contribution in [-0.2, 0) is 9.47 Å². The van der Waals surface area contributed by atoms with Crippen LogP contribution in [0.4, 0.5) is 0 Å². The monoisotopic (exact) mass is 577 g/mol. The lowest BCUT2D eigenvalue weighted by atomic mass is 10.0. The van der Waals surface area contributed by atoms with Gasteiger partial charge >= 0.3 is 0 Å². The van der Waals surface area contributed by atoms with Gasteiger partial charge in [-0.3, -0.25) is 4.99 Å². The molecule has 1 heterocycles. The molecule has 190 valence electrons. The molecule has 1 aliphatic heterocycles. The second kappa shape index (κ2) is 18.1. The zero-order valence-electron chi connectivity index (χ0n) is 20.9. The van der Waals surface area contributed by atoms with Crippen LogP contribution in [0.25, 0.3) is 0 Å². The van der Waals surface area contributed by atoms with Crippen molar-refractivity contribution in [3.05, 3.63) is 23.8 Å². The molecule has 0 aliphatic carbocycles. The van der Waals surface area contributed by atoms with Crippen molar-refractivity contribution < 1.29 is 18.9 Å². The van der Waals surface area contributed by atoms with Crippen molar-refractivity contribution >= 4 is 29.9 Å². The molecule has 1 aromatic rings. The summed E-state index contributed by atoms with van der Waals surface area (Å²) in [5, 5.41) is 6.84. The van der Waals surface area contributed by atoms with Crippen molar-refractivity contribution in [1.29, 1.82) is 0 Å². The maximum atomic E-state index is 5.93. The second-order valence-electron chi connectivity index (χ2n) is 8.25. The standard InChI is InChI=1S/C25H43N3O4.HI/c1-5-13-31-23-9-8-22(18-24(23)32-14-6-2)20(3)28-25(26-4)27-12-7-15-30-19-21-10-16-29-17-11-21;/h8-9,18,20-21H,5-7,10-17,19H2,1-4H3,(H2,26,27,28);1H. The Kier molecular flexibility index (Phi) is 16.3. The summed E-state index contributed by atoms with van der Waals surface area (Å²) >= 11 is 0. The molecule has 2 rings (SSSR count). The van der Waals surface area contributed by atoms with Crippen LogP contribution in [0, 0.1) is 5.92 Å². The first kappa shape index (κ1) is 29.8. The molecular formula is C25H44IN3O4. The lowest BCUT2D eigenvalue weighted by Crippen LogP contribution is -2.39. The lowest BCUT2D eigenvalue weighted by Gasteiger charge is -2.22. The van der Waals surface area contributed by atoms with Crippen LogP contribution in [0.5, 0.6) is 11.5 Å². The molecule has 1 atom stereocenters. The Morgan fingerprint density at radius 3 is 2.45 bits per heavy atom. The number of ether oxygens (including phenoxy) is 4. The number of nitrogens with zero attached hydrogens (tertiary/aromatic N) is 1. The largest absolute Gasteiger partial charge is 0.490 e. The Labute approximate surface area is 217 Å². The van der Waals surface area contributed by atoms with E-state index < -0.39 is 0 Å². The first-order valence-corrected chi connectivity index (χ1v) is 12.2. The number of aliphatic imine (C=N–C) groups is 1. The minimum absolute atomic E-state index is 0. The van der Waals surface area contributed by atoms with Gasteiger partial charge in [0.05, 0.1) is 19.3 Å². The average molecular weight is 578 g/mol. The average Bonchev–Trinajstić information content (AvgIpc) is 2.83. The van der Waals surface area contributed by atoms with E-state index in [2.05, 4.69) is 48.5 Å². The van der Waals surface area contributed by atoms with Gasteiger partial charge in [0.15, 0.2) is 17.5 Å². The molecule has 0 radical (unpaired) electrons. The van der Waals surface area contributed by atoms with Crippen molar-refractivity contribution in [3.8, 4) is 11.5 Å². The molecule has 1 saturated heterocycles. The highest BCUT2D eigenvalue weighted by atomic mass is 127. The zero-order valence-corrected chi connectivity index (χ0v) is 23.2. The van der Waals surface area contributed by atoms with Gasteiger partial charge in [-0.15, -0.1) is 24.0 Å². The summed E-state index contributed by atoms with van der Waals surface area (Å²) in [5.74, 6) is 3.04. The Bertz CT molecular complexity index is 669. The minimum Gasteiger partial charge on any atom is -0.490 e. The maximum Gasteiger partial charge on any atom is 0.191 e. The quantitative estimate of drug-likeness (QED) is 0.141. The number of hydrogen-bond acceptors (Lipinski definition) is 5. The van der Waals surface area contributed by atoms with Gasteiger partial charge in [0.1, 0.15) is 0 Å². The van der Waals surface area contributed by atoms with Crippen LogP contribution in [-0.4, -0.2) is 59.2 Å². The van der Waals surface area contributed by atoms with Crippen molar-refractivity contribution in [2.45, 2.75) is 58.9 Å². The van der Waals surface area contributed by atoms with E-state index in [0.717, 1.165) is 88.1 Å². The third kappa shape index (κ3) is 11.6. The van der Waals surface area contributed by atoms with Crippen molar-refractivity contribution in [2.75, 3.05) is 53.2 Å². The molecule has 2 N–H and O–H groups in total. The molecule has 1 unspecified atom stereocenters. The molecule has 1 aromatic carbocycles. The number of benzene rings is 1. The van der Waals surface area contributed by atoms with Crippen LogP contribution in [0.2, 0.25) is 0 Å². The van der Waals surface area contributed by atoms with Crippen LogP contribution in [0.15, 0.2) is 23.2 Å². The summed E-state index contributed by atoms with van der Waals surface area (Å²) in [6.45, 7) is 11.8. The van der Waals surface area contributed by atoms with E-state index in [1.165, 1.54) is 0 Å². The second-order valence-corrected chi connectivity index (χ2v) is 8.25. The molecule has 1 fully saturated rings. The number of nitrogens with one attached hydrogen (secondary N) is 2. The molecule has 0 aromatic heterocycles. The van der Waals surface area contributed by atoms with Crippen LogP contribution >= 0.6 is 24.0 Å². The van der Waals surface area contributed by atoms with E-state index in [1.807, 2.05) is 6.07 Å². The Morgan fingerprint density at radius 2 is 1.79 bits per heavy atom. The maximum absolute atomic E-state index is 5.93. The Balaban J connectivity index is 0.00000544. The topological polar surface area (TPSA) is 73.3 Å². The van der Waals surface area contributed by atoms with Gasteiger partial charge in [-0.2, -0.15) is 0 Å². The summed E-state index contributed by atoms with van der Waals surface area (Å²) in [4.78, 5) is 4.36. The molecular weight excluding hydrogens is 533 g/mol. The molecule has 8 heteroatoms. The van der Waals surface area contributed by atoms with Crippen molar-refractivity contribution in [1.82, 2.24) is 10.6 Å². The van der Waals surface area contributed by atoms with Crippen molar-refractivity contribution in [2.24, 2.45) is 10.9 Å². The number of rotatable bonds is 14. The number of hydrogen-bond donors (Lipinski definition) is 2. The van der Waals surface area contributed by atoms with E-state index in [-0.39, 0.29) is 30.0 Å². The normalized spacial score (nSPS) is 15.5. The summed E-state index contributed by atoms with van der Waals surface area (Å²) in [7, 11) is 1.79. The van der Waals surface area contributed by atoms with Crippen molar-refractivity contribution in [3.63, 3.8) is 0 Å². The molecule has 0 amide bonds. The van der Waals surface area contributed by atoms with Crippen LogP contribution < -0.4 is 20.1 Å². The number of guanidine groups is 1. The summed E-state index contributed by atoms with van der Waals surface area (Å²) in [5.41, 5.74) is 1.13. The summed E-state index contributed by atoms with van der Waals surface area (Å²) in [6, 6.07) is 6.23. The molecule has 0 bridgehead atoms. The minimum atomic E-state index is 0. The van der Waals surface area contributed by atoms with Gasteiger partial charge in [-0.05, 0) is 62.6 Å². The number of halogens is 1. The van der Waals surface area contributed by atoms with E-state index in [4.69, 9.17) is 18.9 Å². The summed E-state index contributed by atoms with van der Waals surface area (Å²) in [6.07, 6.45) is 5.10. The molecule has 0 saturated carbocycles. The van der Waals surface area contributed by atoms with E-state index in [9.17, 15) is 0 Å². The fourth-order valence-electron chi connectivity index (χ4n) is 3.48. The van der Waals surface area contributed by atoms with Gasteiger partial charge in [0, 0.05) is 40.0 Å². The molecule has 0 spiro atoms. The first-order chi connectivity index (χ1) is 15.7. The third-order valence-corrected chi connectivity index (χ3v) is 5.42. The predicted molar refractivity (Wildman–Crippen MR) is 145 cm³/mol. The Hall–Kier alpha value is -1.26. The van der Waals surface area contributed by atoms with E-state index in [1.54, 1.807) is 7.05 Å². The highest BCUT2D eigenvalue weighted by Gasteiger charge is 2.14. The summed E-state index contributed by atoms with van der Waals surface area (Å²) < 4.78 is 23.0. The highest BCUT2D eigenvalue weighted by Crippen LogP contribution is 2.31. The van der Waals surface area contributed by atoms with Crippen LogP contribution in [0.1, 0.15) is 64.5 Å². The SMILES string of the molecule is CCCOc1ccc(C(C)NC(=NC)NCCCOCC2CCOCC2)cc1OCCC.I. The first-order valence-electron chi connectivity index (χ1n) is 12.2. The lowest BCUT2D eigenvalue weighted by molar-refractivity contribution is 0.0203. The fourth-order valence-corrected chi connectivity index (χ4v) is 3.48. The van der Waals surface area contributed by atoms with Gasteiger partial charge in [0.25, 0.3) is 0 Å². The van der Waals surface area contributed by atoms with Crippen LogP contribution in [0.3, 0.4) is 0 Å². The van der Waals surface area contributed by atoms with E-state index >= 15 is 0 Å². The molecule has 33 heavy (non-hydrogen) atoms. The van der Waals surface area contributed by atoms with Gasteiger partial charge in [0.2, 0.25) is 0 Å². The predicted octanol–water partition coefficient (Wildman–Crippen LogP) is 4.94. The van der Waals surface area contributed by atoms with Gasteiger partial charge in [-0.1, -0.05) is 19.9 Å². The zero-order chi connectivity index (χ0) is 23.0. The fraction of sp³-hybridized carbons (Fsp3) is 0.720. The Morgan fingerprint density at radius 1 is 1.09 bits per heavy atom. The third-order valence-electron chi connectivity index (χ3n) is 5.42.